The summed E-state index contributed by atoms with van der Waals surface area (Å²) in [5.74, 6) is 1.84. The molecular formula is C18H19NO. The highest BCUT2D eigenvalue weighted by molar-refractivity contribution is 5.86. The van der Waals surface area contributed by atoms with Crippen LogP contribution >= 0.6 is 0 Å². The van der Waals surface area contributed by atoms with Crippen molar-refractivity contribution in [1.29, 1.82) is 0 Å². The van der Waals surface area contributed by atoms with Gasteiger partial charge in [-0.1, -0.05) is 37.3 Å². The van der Waals surface area contributed by atoms with Crippen LogP contribution in [-0.4, -0.2) is 6.54 Å². The third-order valence-electron chi connectivity index (χ3n) is 3.54. The van der Waals surface area contributed by atoms with Gasteiger partial charge in [0.2, 0.25) is 0 Å². The lowest BCUT2D eigenvalue weighted by atomic mass is 10.1. The molecule has 0 unspecified atom stereocenters. The average molecular weight is 265 g/mol. The molecule has 2 aromatic rings. The number of anilines is 1. The van der Waals surface area contributed by atoms with Crippen LogP contribution < -0.4 is 9.64 Å². The summed E-state index contributed by atoms with van der Waals surface area (Å²) in [6.07, 6.45) is 3.27. The smallest absolute Gasteiger partial charge is 0.151 e. The number of rotatable bonds is 2. The van der Waals surface area contributed by atoms with Crippen LogP contribution in [0.25, 0.3) is 5.70 Å². The largest absolute Gasteiger partial charge is 0.454 e. The van der Waals surface area contributed by atoms with E-state index in [1.54, 1.807) is 0 Å². The van der Waals surface area contributed by atoms with E-state index in [0.29, 0.717) is 0 Å². The van der Waals surface area contributed by atoms with Crippen molar-refractivity contribution < 1.29 is 4.74 Å². The second-order valence-electron chi connectivity index (χ2n) is 4.81. The zero-order valence-corrected chi connectivity index (χ0v) is 12.0. The number of para-hydroxylation sites is 3. The maximum absolute atomic E-state index is 6.13. The minimum absolute atomic E-state index is 0.917. The molecule has 20 heavy (non-hydrogen) atoms. The molecule has 3 rings (SSSR count). The Kier molecular flexibility index (Phi) is 3.46. The molecule has 0 bridgehead atoms. The molecule has 0 atom stereocenters. The quantitative estimate of drug-likeness (QED) is 0.751. The highest BCUT2D eigenvalue weighted by Crippen LogP contribution is 2.43. The van der Waals surface area contributed by atoms with Crippen LogP contribution in [0.5, 0.6) is 11.5 Å². The van der Waals surface area contributed by atoms with Crippen molar-refractivity contribution in [3.8, 4) is 11.5 Å². The fourth-order valence-electron chi connectivity index (χ4n) is 2.68. The standard InChI is InChI=1S/C18H19NO/c1-3-9-15-14-10-5-7-12-17(14)20-18-13-8-6-11-16(18)19(15)4-2/h5-13H,3-4H2,1-2H3/b15-9-. The van der Waals surface area contributed by atoms with Crippen LogP contribution in [0.15, 0.2) is 54.6 Å². The second-order valence-corrected chi connectivity index (χ2v) is 4.81. The summed E-state index contributed by atoms with van der Waals surface area (Å²) in [6, 6.07) is 16.5. The van der Waals surface area contributed by atoms with E-state index in [1.807, 2.05) is 24.3 Å². The van der Waals surface area contributed by atoms with E-state index < -0.39 is 0 Å². The van der Waals surface area contributed by atoms with Crippen molar-refractivity contribution in [2.75, 3.05) is 11.4 Å². The molecule has 0 fully saturated rings. The van der Waals surface area contributed by atoms with Crippen LogP contribution in [0, 0.1) is 0 Å². The van der Waals surface area contributed by atoms with Crippen molar-refractivity contribution >= 4 is 11.4 Å². The highest BCUT2D eigenvalue weighted by atomic mass is 16.5. The zero-order valence-electron chi connectivity index (χ0n) is 12.0. The number of allylic oxidation sites excluding steroid dienone is 1. The summed E-state index contributed by atoms with van der Waals surface area (Å²) in [5.41, 5.74) is 3.52. The Morgan fingerprint density at radius 1 is 0.950 bits per heavy atom. The van der Waals surface area contributed by atoms with Crippen molar-refractivity contribution in [2.24, 2.45) is 0 Å². The lowest BCUT2D eigenvalue weighted by molar-refractivity contribution is 0.485. The molecule has 2 nitrogen and oxygen atoms in total. The summed E-state index contributed by atoms with van der Waals surface area (Å²) in [7, 11) is 0. The zero-order chi connectivity index (χ0) is 13.9. The Labute approximate surface area is 120 Å². The van der Waals surface area contributed by atoms with E-state index in [-0.39, 0.29) is 0 Å². The van der Waals surface area contributed by atoms with Crippen LogP contribution in [-0.2, 0) is 0 Å². The molecule has 0 saturated heterocycles. The van der Waals surface area contributed by atoms with E-state index in [0.717, 1.165) is 35.7 Å². The van der Waals surface area contributed by atoms with E-state index in [9.17, 15) is 0 Å². The Morgan fingerprint density at radius 2 is 1.65 bits per heavy atom. The lowest BCUT2D eigenvalue weighted by Crippen LogP contribution is -2.20. The minimum Gasteiger partial charge on any atom is -0.454 e. The van der Waals surface area contributed by atoms with Gasteiger partial charge in [-0.05, 0) is 37.6 Å². The predicted octanol–water partition coefficient (Wildman–Crippen LogP) is 5.07. The summed E-state index contributed by atoms with van der Waals surface area (Å²) >= 11 is 0. The molecule has 1 aliphatic heterocycles. The fourth-order valence-corrected chi connectivity index (χ4v) is 2.68. The van der Waals surface area contributed by atoms with Crippen LogP contribution in [0.3, 0.4) is 0 Å². The second kappa shape index (κ2) is 5.41. The topological polar surface area (TPSA) is 12.5 Å². The van der Waals surface area contributed by atoms with E-state index in [2.05, 4.69) is 49.1 Å². The number of nitrogens with zero attached hydrogens (tertiary/aromatic N) is 1. The average Bonchev–Trinajstić information content (AvgIpc) is 2.62. The van der Waals surface area contributed by atoms with E-state index >= 15 is 0 Å². The molecule has 0 amide bonds. The lowest BCUT2D eigenvalue weighted by Gasteiger charge is -2.25. The van der Waals surface area contributed by atoms with E-state index in [4.69, 9.17) is 4.74 Å². The van der Waals surface area contributed by atoms with Gasteiger partial charge in [0.15, 0.2) is 5.75 Å². The minimum atomic E-state index is 0.917. The van der Waals surface area contributed by atoms with Gasteiger partial charge in [-0.15, -0.1) is 0 Å². The van der Waals surface area contributed by atoms with Gasteiger partial charge >= 0.3 is 0 Å². The molecule has 1 heterocycles. The summed E-state index contributed by atoms with van der Waals surface area (Å²) < 4.78 is 6.13. The van der Waals surface area contributed by atoms with Gasteiger partial charge in [-0.2, -0.15) is 0 Å². The predicted molar refractivity (Wildman–Crippen MR) is 84.2 cm³/mol. The van der Waals surface area contributed by atoms with Gasteiger partial charge in [0.25, 0.3) is 0 Å². The Morgan fingerprint density at radius 3 is 2.40 bits per heavy atom. The molecule has 2 heteroatoms. The molecular weight excluding hydrogens is 246 g/mol. The van der Waals surface area contributed by atoms with Gasteiger partial charge in [-0.25, -0.2) is 0 Å². The number of hydrogen-bond acceptors (Lipinski definition) is 2. The SMILES string of the molecule is CC/C=C1/c2ccccc2Oc2ccccc2N1CC. The van der Waals surface area contributed by atoms with Gasteiger partial charge in [0, 0.05) is 17.8 Å². The van der Waals surface area contributed by atoms with Crippen LogP contribution in [0.4, 0.5) is 5.69 Å². The van der Waals surface area contributed by atoms with Gasteiger partial charge in [0.1, 0.15) is 5.75 Å². The Bertz CT molecular complexity index is 645. The molecule has 0 aliphatic carbocycles. The van der Waals surface area contributed by atoms with Crippen molar-refractivity contribution in [3.05, 3.63) is 60.2 Å². The molecule has 1 aliphatic rings. The molecule has 0 aromatic heterocycles. The first-order chi connectivity index (χ1) is 9.85. The van der Waals surface area contributed by atoms with Crippen molar-refractivity contribution in [1.82, 2.24) is 0 Å². The van der Waals surface area contributed by atoms with Crippen molar-refractivity contribution in [3.63, 3.8) is 0 Å². The number of ether oxygens (including phenoxy) is 1. The monoisotopic (exact) mass is 265 g/mol. The highest BCUT2D eigenvalue weighted by Gasteiger charge is 2.23. The van der Waals surface area contributed by atoms with Gasteiger partial charge < -0.3 is 9.64 Å². The number of hydrogen-bond donors (Lipinski definition) is 0. The van der Waals surface area contributed by atoms with Crippen LogP contribution in [0.1, 0.15) is 25.8 Å². The van der Waals surface area contributed by atoms with Crippen molar-refractivity contribution in [2.45, 2.75) is 20.3 Å². The first kappa shape index (κ1) is 12.8. The third kappa shape index (κ3) is 2.07. The Balaban J connectivity index is 2.26. The Hall–Kier alpha value is -2.22. The van der Waals surface area contributed by atoms with Gasteiger partial charge in [0.05, 0.1) is 5.69 Å². The molecule has 0 radical (unpaired) electrons. The number of fused-ring (bicyclic) bond motifs is 2. The molecule has 0 N–H and O–H groups in total. The summed E-state index contributed by atoms with van der Waals surface area (Å²) in [4.78, 5) is 2.32. The summed E-state index contributed by atoms with van der Waals surface area (Å²) in [5, 5.41) is 0. The maximum atomic E-state index is 6.13. The molecule has 102 valence electrons. The molecule has 0 spiro atoms. The molecule has 2 aromatic carbocycles. The first-order valence-corrected chi connectivity index (χ1v) is 7.19. The van der Waals surface area contributed by atoms with E-state index in [1.165, 1.54) is 5.70 Å². The maximum Gasteiger partial charge on any atom is 0.151 e. The number of benzene rings is 2. The van der Waals surface area contributed by atoms with Crippen LogP contribution in [0.2, 0.25) is 0 Å². The fraction of sp³-hybridized carbons (Fsp3) is 0.222. The normalized spacial score (nSPS) is 15.3. The molecule has 0 saturated carbocycles. The first-order valence-electron chi connectivity index (χ1n) is 7.19. The van der Waals surface area contributed by atoms with Gasteiger partial charge in [-0.3, -0.25) is 0 Å². The third-order valence-corrected chi connectivity index (χ3v) is 3.54. The summed E-state index contributed by atoms with van der Waals surface area (Å²) in [6.45, 7) is 5.26.